The Labute approximate surface area is 152 Å². The summed E-state index contributed by atoms with van der Waals surface area (Å²) in [5.41, 5.74) is 0.207. The van der Waals surface area contributed by atoms with Gasteiger partial charge in [-0.15, -0.1) is 0 Å². The first-order valence-corrected chi connectivity index (χ1v) is 8.34. The Morgan fingerprint density at radius 1 is 1.35 bits per heavy atom. The van der Waals surface area contributed by atoms with Crippen LogP contribution in [0, 0.1) is 5.41 Å². The Bertz CT molecular complexity index is 629. The van der Waals surface area contributed by atoms with Crippen molar-refractivity contribution in [3.63, 3.8) is 0 Å². The molecule has 1 fully saturated rings. The van der Waals surface area contributed by atoms with Gasteiger partial charge in [-0.25, -0.2) is 4.79 Å². The first-order chi connectivity index (χ1) is 12.2. The van der Waals surface area contributed by atoms with Crippen molar-refractivity contribution in [2.45, 2.75) is 38.8 Å². The number of ether oxygens (including phenoxy) is 3. The molecule has 1 heterocycles. The van der Waals surface area contributed by atoms with E-state index in [1.54, 1.807) is 31.4 Å². The molecule has 1 aromatic carbocycles. The maximum absolute atomic E-state index is 12.5. The number of carbonyl (C=O) groups is 2. The largest absolute Gasteiger partial charge is 0.497 e. The summed E-state index contributed by atoms with van der Waals surface area (Å²) in [6.45, 7) is 4.07. The second-order valence-electron chi connectivity index (χ2n) is 6.85. The molecule has 0 aromatic heterocycles. The third-order valence-electron chi connectivity index (χ3n) is 4.20. The van der Waals surface area contributed by atoms with Gasteiger partial charge in [0.2, 0.25) is 5.91 Å². The highest BCUT2D eigenvalue weighted by atomic mass is 16.7. The normalized spacial score (nSPS) is 23.1. The van der Waals surface area contributed by atoms with E-state index in [0.717, 1.165) is 5.56 Å². The highest BCUT2D eigenvalue weighted by molar-refractivity contribution is 5.82. The predicted molar refractivity (Wildman–Crippen MR) is 91.6 cm³/mol. The van der Waals surface area contributed by atoms with E-state index in [1.165, 1.54) is 0 Å². The van der Waals surface area contributed by atoms with Gasteiger partial charge in [-0.05, 0) is 12.1 Å². The Hall–Kier alpha value is -2.16. The number of methoxy groups -OCH3 is 1. The molecular weight excluding hydrogens is 342 g/mol. The number of hydrogen-bond donors (Lipinski definition) is 3. The van der Waals surface area contributed by atoms with Gasteiger partial charge in [0, 0.05) is 23.9 Å². The summed E-state index contributed by atoms with van der Waals surface area (Å²) < 4.78 is 16.7. The van der Waals surface area contributed by atoms with Gasteiger partial charge < -0.3 is 29.7 Å². The quantitative estimate of drug-likeness (QED) is 0.661. The predicted octanol–water partition coefficient (Wildman–Crippen LogP) is 1.09. The maximum atomic E-state index is 12.5. The van der Waals surface area contributed by atoms with E-state index in [2.05, 4.69) is 5.32 Å². The number of benzene rings is 1. The molecule has 3 atom stereocenters. The average Bonchev–Trinajstić information content (AvgIpc) is 2.61. The summed E-state index contributed by atoms with van der Waals surface area (Å²) >= 11 is 0. The van der Waals surface area contributed by atoms with Crippen LogP contribution in [-0.4, -0.2) is 54.6 Å². The average molecular weight is 367 g/mol. The number of carboxylic acid groups (broad SMARTS) is 1. The zero-order valence-corrected chi connectivity index (χ0v) is 15.1. The summed E-state index contributed by atoms with van der Waals surface area (Å²) in [4.78, 5) is 23.1. The van der Waals surface area contributed by atoms with Crippen LogP contribution in [0.15, 0.2) is 24.3 Å². The Kier molecular flexibility index (Phi) is 6.57. The number of carboxylic acids is 1. The molecule has 0 bridgehead atoms. The number of nitrogens with one attached hydrogen (secondary N) is 1. The van der Waals surface area contributed by atoms with Gasteiger partial charge in [-0.3, -0.25) is 4.79 Å². The van der Waals surface area contributed by atoms with Gasteiger partial charge in [0.25, 0.3) is 0 Å². The van der Waals surface area contributed by atoms with Gasteiger partial charge >= 0.3 is 5.97 Å². The van der Waals surface area contributed by atoms with Crippen LogP contribution in [0.5, 0.6) is 5.75 Å². The molecule has 1 aliphatic heterocycles. The van der Waals surface area contributed by atoms with Gasteiger partial charge in [-0.2, -0.15) is 0 Å². The molecule has 144 valence electrons. The third kappa shape index (κ3) is 4.94. The van der Waals surface area contributed by atoms with Crippen LogP contribution in [0.25, 0.3) is 0 Å². The van der Waals surface area contributed by atoms with Crippen LogP contribution in [0.2, 0.25) is 0 Å². The van der Waals surface area contributed by atoms with Crippen LogP contribution in [-0.2, 0) is 19.1 Å². The van der Waals surface area contributed by atoms with Gasteiger partial charge in [0.15, 0.2) is 12.4 Å². The number of carbonyl (C=O) groups excluding carboxylic acids is 1. The number of amides is 1. The summed E-state index contributed by atoms with van der Waals surface area (Å²) in [6, 6.07) is 7.17. The van der Waals surface area contributed by atoms with Crippen molar-refractivity contribution in [3.05, 3.63) is 29.8 Å². The highest BCUT2D eigenvalue weighted by Gasteiger charge is 2.43. The topological polar surface area (TPSA) is 114 Å². The molecule has 1 aliphatic rings. The highest BCUT2D eigenvalue weighted by Crippen LogP contribution is 2.36. The number of rotatable bonds is 7. The molecule has 2 rings (SSSR count). The van der Waals surface area contributed by atoms with Crippen molar-refractivity contribution in [1.82, 2.24) is 5.32 Å². The fourth-order valence-corrected chi connectivity index (χ4v) is 2.61. The van der Waals surface area contributed by atoms with Gasteiger partial charge in [0.1, 0.15) is 11.9 Å². The Balaban J connectivity index is 2.00. The van der Waals surface area contributed by atoms with E-state index in [1.807, 2.05) is 13.8 Å². The second-order valence-corrected chi connectivity index (χ2v) is 6.85. The van der Waals surface area contributed by atoms with Crippen LogP contribution in [0.1, 0.15) is 32.1 Å². The standard InChI is InChI=1S/C18H25NO7/c1-18(2)10-25-17(11-4-6-12(24-3)7-5-11)26-14(18)15(21)19-9-8-13(20)16(22)23/h4-7,13-14,17,20H,8-10H2,1-3H3,(H,19,21)(H,22,23). The van der Waals surface area contributed by atoms with Crippen molar-refractivity contribution >= 4 is 11.9 Å². The van der Waals surface area contributed by atoms with Crippen molar-refractivity contribution in [2.24, 2.45) is 5.41 Å². The molecule has 1 amide bonds. The van der Waals surface area contributed by atoms with E-state index in [4.69, 9.17) is 19.3 Å². The lowest BCUT2D eigenvalue weighted by Crippen LogP contribution is -2.52. The van der Waals surface area contributed by atoms with Gasteiger partial charge in [0.05, 0.1) is 13.7 Å². The van der Waals surface area contributed by atoms with Crippen LogP contribution in [0.3, 0.4) is 0 Å². The molecule has 1 aromatic rings. The SMILES string of the molecule is COc1ccc(C2OCC(C)(C)C(C(=O)NCCC(O)C(=O)O)O2)cc1. The number of aliphatic carboxylic acids is 1. The molecule has 3 N–H and O–H groups in total. The van der Waals surface area contributed by atoms with Crippen molar-refractivity contribution in [1.29, 1.82) is 0 Å². The molecule has 1 saturated heterocycles. The maximum Gasteiger partial charge on any atom is 0.332 e. The second kappa shape index (κ2) is 8.48. The summed E-state index contributed by atoms with van der Waals surface area (Å²) in [7, 11) is 1.58. The molecule has 26 heavy (non-hydrogen) atoms. The lowest BCUT2D eigenvalue weighted by atomic mass is 9.85. The van der Waals surface area contributed by atoms with Crippen LogP contribution < -0.4 is 10.1 Å². The molecule has 8 heteroatoms. The molecule has 8 nitrogen and oxygen atoms in total. The van der Waals surface area contributed by atoms with Crippen molar-refractivity contribution < 1.29 is 34.0 Å². The minimum absolute atomic E-state index is 0.0380. The van der Waals surface area contributed by atoms with Gasteiger partial charge in [-0.1, -0.05) is 26.0 Å². The first kappa shape index (κ1) is 20.2. The lowest BCUT2D eigenvalue weighted by Gasteiger charge is -2.41. The van der Waals surface area contributed by atoms with E-state index in [0.29, 0.717) is 12.4 Å². The minimum Gasteiger partial charge on any atom is -0.497 e. The fraction of sp³-hybridized carbons (Fsp3) is 0.556. The zero-order valence-electron chi connectivity index (χ0n) is 15.1. The summed E-state index contributed by atoms with van der Waals surface area (Å²) in [5, 5.41) is 20.6. The smallest absolute Gasteiger partial charge is 0.332 e. The minimum atomic E-state index is -1.51. The van der Waals surface area contributed by atoms with Crippen molar-refractivity contribution in [2.75, 3.05) is 20.3 Å². The van der Waals surface area contributed by atoms with Crippen LogP contribution in [0.4, 0.5) is 0 Å². The zero-order chi connectivity index (χ0) is 19.3. The Morgan fingerprint density at radius 2 is 2.00 bits per heavy atom. The first-order valence-electron chi connectivity index (χ1n) is 8.34. The molecule has 3 unspecified atom stereocenters. The van der Waals surface area contributed by atoms with E-state index in [-0.39, 0.29) is 18.9 Å². The molecule has 0 radical (unpaired) electrons. The number of aliphatic hydroxyl groups is 1. The monoisotopic (exact) mass is 367 g/mol. The van der Waals surface area contributed by atoms with E-state index >= 15 is 0 Å². The fourth-order valence-electron chi connectivity index (χ4n) is 2.61. The van der Waals surface area contributed by atoms with E-state index in [9.17, 15) is 14.7 Å². The molecular formula is C18H25NO7. The molecule has 0 saturated carbocycles. The number of aliphatic hydroxyl groups excluding tert-OH is 1. The Morgan fingerprint density at radius 3 is 2.58 bits per heavy atom. The van der Waals surface area contributed by atoms with Crippen molar-refractivity contribution in [3.8, 4) is 5.75 Å². The lowest BCUT2D eigenvalue weighted by molar-refractivity contribution is -0.258. The van der Waals surface area contributed by atoms with E-state index < -0.39 is 29.9 Å². The molecule has 0 aliphatic carbocycles. The number of hydrogen-bond acceptors (Lipinski definition) is 6. The summed E-state index contributed by atoms with van der Waals surface area (Å²) in [5.74, 6) is -0.980. The third-order valence-corrected chi connectivity index (χ3v) is 4.20. The van der Waals surface area contributed by atoms with Crippen LogP contribution >= 0.6 is 0 Å². The summed E-state index contributed by atoms with van der Waals surface area (Å²) in [6.07, 6.45) is -3.04. The molecule has 0 spiro atoms.